The lowest BCUT2D eigenvalue weighted by Crippen LogP contribution is -2.42. The van der Waals surface area contributed by atoms with E-state index in [0.717, 1.165) is 24.8 Å². The van der Waals surface area contributed by atoms with Crippen LogP contribution in [0.4, 0.5) is 17.1 Å². The number of nitro groups is 1. The normalized spacial score (nSPS) is 17.4. The average molecular weight is 305 g/mol. The van der Waals surface area contributed by atoms with Crippen LogP contribution in [0.15, 0.2) is 12.1 Å². The lowest BCUT2D eigenvalue weighted by atomic mass is 9.90. The molecule has 7 heteroatoms. The van der Waals surface area contributed by atoms with Gasteiger partial charge in [0.1, 0.15) is 5.69 Å². The summed E-state index contributed by atoms with van der Waals surface area (Å²) in [6, 6.07) is 3.48. The van der Waals surface area contributed by atoms with Crippen LogP contribution in [-0.4, -0.2) is 35.1 Å². The van der Waals surface area contributed by atoms with Gasteiger partial charge in [0, 0.05) is 30.8 Å². The molecular formula is C15H19N3O4. The number of carbonyl (C=O) groups is 1. The summed E-state index contributed by atoms with van der Waals surface area (Å²) in [5, 5.41) is 23.5. The van der Waals surface area contributed by atoms with Crippen LogP contribution in [0.1, 0.15) is 31.2 Å². The van der Waals surface area contributed by atoms with Crippen molar-refractivity contribution in [2.75, 3.05) is 23.4 Å². The number of nitrogens with zero attached hydrogens (tertiary/aromatic N) is 2. The van der Waals surface area contributed by atoms with Crippen molar-refractivity contribution in [3.8, 4) is 0 Å². The van der Waals surface area contributed by atoms with Gasteiger partial charge in [-0.05, 0) is 37.3 Å². The molecule has 0 radical (unpaired) electrons. The zero-order valence-corrected chi connectivity index (χ0v) is 12.2. The van der Waals surface area contributed by atoms with Crippen LogP contribution in [0, 0.1) is 10.1 Å². The van der Waals surface area contributed by atoms with Gasteiger partial charge in [-0.3, -0.25) is 14.9 Å². The monoisotopic (exact) mass is 305 g/mol. The van der Waals surface area contributed by atoms with Gasteiger partial charge in [0.25, 0.3) is 5.69 Å². The van der Waals surface area contributed by atoms with Crippen molar-refractivity contribution in [3.63, 3.8) is 0 Å². The molecule has 1 aromatic rings. The first kappa shape index (κ1) is 14.8. The van der Waals surface area contributed by atoms with Crippen molar-refractivity contribution in [3.05, 3.63) is 27.8 Å². The molecule has 2 N–H and O–H groups in total. The zero-order valence-electron chi connectivity index (χ0n) is 12.2. The van der Waals surface area contributed by atoms with E-state index in [1.54, 1.807) is 12.1 Å². The molecule has 1 aromatic carbocycles. The molecule has 2 aliphatic rings. The fourth-order valence-corrected chi connectivity index (χ4v) is 3.09. The minimum Gasteiger partial charge on any atom is -0.395 e. The third kappa shape index (κ3) is 2.64. The van der Waals surface area contributed by atoms with Crippen molar-refractivity contribution in [1.29, 1.82) is 0 Å². The molecule has 22 heavy (non-hydrogen) atoms. The van der Waals surface area contributed by atoms with Crippen molar-refractivity contribution < 1.29 is 14.8 Å². The second kappa shape index (κ2) is 5.92. The maximum absolute atomic E-state index is 11.6. The molecule has 1 fully saturated rings. The fourth-order valence-electron chi connectivity index (χ4n) is 3.09. The summed E-state index contributed by atoms with van der Waals surface area (Å²) in [6.07, 6.45) is 3.92. The zero-order chi connectivity index (χ0) is 15.7. The van der Waals surface area contributed by atoms with Crippen LogP contribution in [0.5, 0.6) is 0 Å². The molecule has 0 atom stereocenters. The predicted molar refractivity (Wildman–Crippen MR) is 82.1 cm³/mol. The molecule has 0 aromatic heterocycles. The Morgan fingerprint density at radius 3 is 2.73 bits per heavy atom. The van der Waals surface area contributed by atoms with Gasteiger partial charge >= 0.3 is 0 Å². The summed E-state index contributed by atoms with van der Waals surface area (Å²) in [6.45, 7) is 0.301. The number of benzene rings is 1. The molecule has 7 nitrogen and oxygen atoms in total. The lowest BCUT2D eigenvalue weighted by molar-refractivity contribution is -0.384. The number of amides is 1. The second-order valence-corrected chi connectivity index (χ2v) is 5.81. The summed E-state index contributed by atoms with van der Waals surface area (Å²) in [5.41, 5.74) is 1.99. The Kier molecular flexibility index (Phi) is 3.98. The van der Waals surface area contributed by atoms with Crippen LogP contribution in [0.2, 0.25) is 0 Å². The van der Waals surface area contributed by atoms with Gasteiger partial charge in [-0.2, -0.15) is 0 Å². The SMILES string of the molecule is O=C1CCc2cc([N+](=O)[O-])c(N(CCO)C3CCC3)cc2N1. The van der Waals surface area contributed by atoms with Crippen molar-refractivity contribution in [2.45, 2.75) is 38.1 Å². The predicted octanol–water partition coefficient (Wildman–Crippen LogP) is 1.83. The number of aliphatic hydroxyl groups excluding tert-OH is 1. The number of fused-ring (bicyclic) bond motifs is 1. The molecule has 0 unspecified atom stereocenters. The van der Waals surface area contributed by atoms with Crippen molar-refractivity contribution in [2.24, 2.45) is 0 Å². The standard InChI is InChI=1S/C15H19N3O4/c19-7-6-17(11-2-1-3-11)13-9-12-10(4-5-15(20)16-12)8-14(13)18(21)22/h8-9,11,19H,1-7H2,(H,16,20). The molecule has 1 heterocycles. The highest BCUT2D eigenvalue weighted by molar-refractivity contribution is 5.95. The first-order chi connectivity index (χ1) is 10.6. The largest absolute Gasteiger partial charge is 0.395 e. The number of nitrogens with one attached hydrogen (secondary N) is 1. The van der Waals surface area contributed by atoms with E-state index in [4.69, 9.17) is 0 Å². The molecule has 0 bridgehead atoms. The summed E-state index contributed by atoms with van der Waals surface area (Å²) >= 11 is 0. The average Bonchev–Trinajstić information content (AvgIpc) is 2.43. The number of hydrogen-bond donors (Lipinski definition) is 2. The third-order valence-corrected chi connectivity index (χ3v) is 4.46. The Morgan fingerprint density at radius 1 is 1.36 bits per heavy atom. The van der Waals surface area contributed by atoms with E-state index < -0.39 is 0 Å². The Bertz CT molecular complexity index is 613. The number of hydrogen-bond acceptors (Lipinski definition) is 5. The van der Waals surface area contributed by atoms with E-state index >= 15 is 0 Å². The van der Waals surface area contributed by atoms with Crippen LogP contribution >= 0.6 is 0 Å². The number of nitro benzene ring substituents is 1. The molecular weight excluding hydrogens is 286 g/mol. The smallest absolute Gasteiger partial charge is 0.292 e. The minimum absolute atomic E-state index is 0.0512. The van der Waals surface area contributed by atoms with Gasteiger partial charge in [-0.1, -0.05) is 0 Å². The van der Waals surface area contributed by atoms with E-state index in [2.05, 4.69) is 5.32 Å². The molecule has 1 saturated carbocycles. The number of aliphatic hydroxyl groups is 1. The van der Waals surface area contributed by atoms with Gasteiger partial charge in [0.2, 0.25) is 5.91 Å². The van der Waals surface area contributed by atoms with Gasteiger partial charge in [0.15, 0.2) is 0 Å². The van der Waals surface area contributed by atoms with Gasteiger partial charge in [0.05, 0.1) is 11.5 Å². The Morgan fingerprint density at radius 2 is 2.14 bits per heavy atom. The fraction of sp³-hybridized carbons (Fsp3) is 0.533. The molecule has 118 valence electrons. The number of rotatable bonds is 5. The van der Waals surface area contributed by atoms with Crippen LogP contribution in [0.3, 0.4) is 0 Å². The van der Waals surface area contributed by atoms with Gasteiger partial charge in [-0.15, -0.1) is 0 Å². The van der Waals surface area contributed by atoms with Gasteiger partial charge < -0.3 is 15.3 Å². The van der Waals surface area contributed by atoms with Crippen LogP contribution in [-0.2, 0) is 11.2 Å². The number of anilines is 2. The quantitative estimate of drug-likeness (QED) is 0.639. The third-order valence-electron chi connectivity index (χ3n) is 4.46. The highest BCUT2D eigenvalue weighted by Gasteiger charge is 2.31. The van der Waals surface area contributed by atoms with E-state index in [9.17, 15) is 20.0 Å². The van der Waals surface area contributed by atoms with Gasteiger partial charge in [-0.25, -0.2) is 0 Å². The van der Waals surface area contributed by atoms with E-state index in [1.165, 1.54) is 0 Å². The summed E-state index contributed by atoms with van der Waals surface area (Å²) in [5.74, 6) is -0.0651. The molecule has 3 rings (SSSR count). The Balaban J connectivity index is 2.04. The Labute approximate surface area is 128 Å². The molecule has 0 spiro atoms. The first-order valence-corrected chi connectivity index (χ1v) is 7.59. The minimum atomic E-state index is -0.380. The van der Waals surface area contributed by atoms with Crippen molar-refractivity contribution >= 4 is 23.0 Å². The second-order valence-electron chi connectivity index (χ2n) is 5.81. The van der Waals surface area contributed by atoms with Crippen LogP contribution < -0.4 is 10.2 Å². The molecule has 1 amide bonds. The number of carbonyl (C=O) groups excluding carboxylic acids is 1. The van der Waals surface area contributed by atoms with Crippen molar-refractivity contribution in [1.82, 2.24) is 0 Å². The first-order valence-electron chi connectivity index (χ1n) is 7.59. The van der Waals surface area contributed by atoms with E-state index in [0.29, 0.717) is 30.8 Å². The highest BCUT2D eigenvalue weighted by atomic mass is 16.6. The maximum atomic E-state index is 11.6. The summed E-state index contributed by atoms with van der Waals surface area (Å²) in [4.78, 5) is 24.5. The van der Waals surface area contributed by atoms with E-state index in [-0.39, 0.29) is 29.2 Å². The van der Waals surface area contributed by atoms with Crippen LogP contribution in [0.25, 0.3) is 0 Å². The summed E-state index contributed by atoms with van der Waals surface area (Å²) in [7, 11) is 0. The molecule has 1 aliphatic carbocycles. The molecule has 0 saturated heterocycles. The van der Waals surface area contributed by atoms with E-state index in [1.807, 2.05) is 4.90 Å². The summed E-state index contributed by atoms with van der Waals surface area (Å²) < 4.78 is 0. The molecule has 1 aliphatic heterocycles. The Hall–Kier alpha value is -2.15. The maximum Gasteiger partial charge on any atom is 0.292 e. The number of aryl methyl sites for hydroxylation is 1. The highest BCUT2D eigenvalue weighted by Crippen LogP contribution is 2.39. The topological polar surface area (TPSA) is 95.7 Å². The lowest BCUT2D eigenvalue weighted by Gasteiger charge is -2.39.